The van der Waals surface area contributed by atoms with Gasteiger partial charge in [-0.2, -0.15) is 0 Å². The summed E-state index contributed by atoms with van der Waals surface area (Å²) in [7, 11) is 1.81. The Morgan fingerprint density at radius 1 is 1.22 bits per heavy atom. The van der Waals surface area contributed by atoms with Gasteiger partial charge in [0.05, 0.1) is 6.04 Å². The molecule has 1 aliphatic heterocycles. The van der Waals surface area contributed by atoms with E-state index in [4.69, 9.17) is 5.41 Å². The second kappa shape index (κ2) is 8.77. The number of rotatable bonds is 6. The Kier molecular flexibility index (Phi) is 6.19. The summed E-state index contributed by atoms with van der Waals surface area (Å²) >= 11 is 0. The molecule has 1 aromatic carbocycles. The number of hydrogen-bond donors (Lipinski definition) is 3. The summed E-state index contributed by atoms with van der Waals surface area (Å²) in [5, 5.41) is 15.5. The molecule has 1 atom stereocenters. The van der Waals surface area contributed by atoms with Crippen molar-refractivity contribution in [3.05, 3.63) is 42.2 Å². The van der Waals surface area contributed by atoms with Crippen LogP contribution in [0.2, 0.25) is 0 Å². The van der Waals surface area contributed by atoms with Crippen molar-refractivity contribution in [1.29, 1.82) is 5.41 Å². The van der Waals surface area contributed by atoms with Crippen molar-refractivity contribution >= 4 is 34.3 Å². The van der Waals surface area contributed by atoms with Crippen LogP contribution in [0.5, 0.6) is 0 Å². The zero-order valence-electron chi connectivity index (χ0n) is 16.0. The second-order valence-corrected chi connectivity index (χ2v) is 6.93. The van der Waals surface area contributed by atoms with Crippen LogP contribution in [0.3, 0.4) is 0 Å². The third kappa shape index (κ3) is 4.52. The summed E-state index contributed by atoms with van der Waals surface area (Å²) in [5.41, 5.74) is 1.73. The van der Waals surface area contributed by atoms with E-state index in [-0.39, 0.29) is 11.9 Å². The molecule has 1 aliphatic rings. The van der Waals surface area contributed by atoms with E-state index in [0.29, 0.717) is 5.82 Å². The molecule has 1 fully saturated rings. The lowest BCUT2D eigenvalue weighted by atomic mass is 10.0. The Labute approximate surface area is 160 Å². The van der Waals surface area contributed by atoms with Crippen molar-refractivity contribution in [2.45, 2.75) is 32.2 Å². The minimum absolute atomic E-state index is 0.0184. The first-order valence-corrected chi connectivity index (χ1v) is 9.45. The highest BCUT2D eigenvalue weighted by atomic mass is 16.2. The van der Waals surface area contributed by atoms with E-state index in [9.17, 15) is 4.79 Å². The van der Waals surface area contributed by atoms with Crippen LogP contribution < -0.4 is 10.6 Å². The number of aromatic nitrogens is 1. The van der Waals surface area contributed by atoms with Crippen molar-refractivity contribution in [2.75, 3.05) is 25.5 Å². The molecule has 2 heterocycles. The van der Waals surface area contributed by atoms with Crippen LogP contribution in [0.4, 0.5) is 5.82 Å². The standard InChI is InChI=1S/C21H27N5O/c1-15(26-8-4-3-5-9-26)21(27)25-20-11-18-10-16(19(12-22)13-23-2)6-7-17(18)14-24-20/h6-7,10-15,22-23H,3-5,8-9H2,1-2H3,(H,24,25,27)/b19-13+,22-12?. The first-order chi connectivity index (χ1) is 13.1. The minimum atomic E-state index is -0.155. The van der Waals surface area contributed by atoms with Gasteiger partial charge in [-0.25, -0.2) is 4.98 Å². The fraction of sp³-hybridized carbons (Fsp3) is 0.381. The van der Waals surface area contributed by atoms with E-state index in [1.165, 1.54) is 12.6 Å². The van der Waals surface area contributed by atoms with Crippen molar-refractivity contribution in [3.8, 4) is 0 Å². The summed E-state index contributed by atoms with van der Waals surface area (Å²) in [6.45, 7) is 3.92. The lowest BCUT2D eigenvalue weighted by Gasteiger charge is -2.31. The topological polar surface area (TPSA) is 81.1 Å². The smallest absolute Gasteiger partial charge is 0.242 e. The van der Waals surface area contributed by atoms with Gasteiger partial charge in [0.25, 0.3) is 0 Å². The first-order valence-electron chi connectivity index (χ1n) is 9.45. The number of nitrogens with zero attached hydrogens (tertiary/aromatic N) is 2. The normalized spacial score (nSPS) is 16.7. The largest absolute Gasteiger partial charge is 0.393 e. The van der Waals surface area contributed by atoms with Gasteiger partial charge in [-0.1, -0.05) is 18.6 Å². The fourth-order valence-electron chi connectivity index (χ4n) is 3.45. The Morgan fingerprint density at radius 2 is 2.00 bits per heavy atom. The van der Waals surface area contributed by atoms with Gasteiger partial charge in [-0.05, 0) is 55.9 Å². The zero-order chi connectivity index (χ0) is 19.2. The number of hydrogen-bond acceptors (Lipinski definition) is 5. The number of fused-ring (bicyclic) bond motifs is 1. The Balaban J connectivity index is 1.79. The van der Waals surface area contributed by atoms with Gasteiger partial charge >= 0.3 is 0 Å². The molecule has 3 N–H and O–H groups in total. The lowest BCUT2D eigenvalue weighted by molar-refractivity contribution is -0.121. The predicted octanol–water partition coefficient (Wildman–Crippen LogP) is 3.26. The third-order valence-electron chi connectivity index (χ3n) is 5.08. The zero-order valence-corrected chi connectivity index (χ0v) is 16.0. The number of carbonyl (C=O) groups excluding carboxylic acids is 1. The van der Waals surface area contributed by atoms with Crippen LogP contribution in [-0.4, -0.2) is 48.2 Å². The van der Waals surface area contributed by atoms with Gasteiger partial charge in [-0.15, -0.1) is 0 Å². The number of piperidine rings is 1. The van der Waals surface area contributed by atoms with Crippen LogP contribution in [0.15, 0.2) is 36.7 Å². The molecule has 27 heavy (non-hydrogen) atoms. The fourth-order valence-corrected chi connectivity index (χ4v) is 3.45. The van der Waals surface area contributed by atoms with E-state index >= 15 is 0 Å². The molecule has 6 nitrogen and oxygen atoms in total. The Hall–Kier alpha value is -2.73. The summed E-state index contributed by atoms with van der Waals surface area (Å²) in [4.78, 5) is 19.2. The van der Waals surface area contributed by atoms with Crippen LogP contribution in [-0.2, 0) is 4.79 Å². The highest BCUT2D eigenvalue weighted by molar-refractivity contribution is 6.09. The SMILES string of the molecule is CN/C=C(\C=N)c1ccc2cnc(NC(=O)C(C)N3CCCCC3)cc2c1. The molecule has 1 aromatic heterocycles. The summed E-state index contributed by atoms with van der Waals surface area (Å²) in [6, 6.07) is 7.69. The van der Waals surface area contributed by atoms with Crippen LogP contribution >= 0.6 is 0 Å². The third-order valence-corrected chi connectivity index (χ3v) is 5.08. The number of anilines is 1. The number of benzene rings is 1. The molecule has 0 aliphatic carbocycles. The maximum atomic E-state index is 12.6. The maximum Gasteiger partial charge on any atom is 0.242 e. The molecule has 2 aromatic rings. The average Bonchev–Trinajstić information content (AvgIpc) is 2.71. The first kappa shape index (κ1) is 19.0. The van der Waals surface area contributed by atoms with E-state index in [2.05, 4.69) is 20.5 Å². The van der Waals surface area contributed by atoms with Crippen molar-refractivity contribution in [1.82, 2.24) is 15.2 Å². The van der Waals surface area contributed by atoms with Gasteiger partial charge in [0.2, 0.25) is 5.91 Å². The number of amides is 1. The van der Waals surface area contributed by atoms with Crippen LogP contribution in [0.1, 0.15) is 31.7 Å². The number of carbonyl (C=O) groups is 1. The van der Waals surface area contributed by atoms with Crippen molar-refractivity contribution in [3.63, 3.8) is 0 Å². The van der Waals surface area contributed by atoms with Crippen molar-refractivity contribution < 1.29 is 4.79 Å². The number of pyridine rings is 1. The molecule has 3 rings (SSSR count). The monoisotopic (exact) mass is 365 g/mol. The molecule has 0 saturated carbocycles. The summed E-state index contributed by atoms with van der Waals surface area (Å²) in [6.07, 6.45) is 8.44. The van der Waals surface area contributed by atoms with Gasteiger partial charge < -0.3 is 16.0 Å². The molecular formula is C21H27N5O. The van der Waals surface area contributed by atoms with E-state index in [1.54, 1.807) is 12.4 Å². The summed E-state index contributed by atoms with van der Waals surface area (Å²) in [5.74, 6) is 0.540. The lowest BCUT2D eigenvalue weighted by Crippen LogP contribution is -2.44. The molecule has 0 spiro atoms. The van der Waals surface area contributed by atoms with Gasteiger partial charge in [0, 0.05) is 36.6 Å². The minimum Gasteiger partial charge on any atom is -0.393 e. The van der Waals surface area contributed by atoms with Crippen LogP contribution in [0.25, 0.3) is 16.3 Å². The summed E-state index contributed by atoms with van der Waals surface area (Å²) < 4.78 is 0. The second-order valence-electron chi connectivity index (χ2n) is 6.93. The Morgan fingerprint density at radius 3 is 2.70 bits per heavy atom. The molecule has 142 valence electrons. The molecule has 0 bridgehead atoms. The number of nitrogens with one attached hydrogen (secondary N) is 3. The Bertz CT molecular complexity index is 855. The molecule has 1 amide bonds. The molecule has 0 radical (unpaired) electrons. The number of allylic oxidation sites excluding steroid dienone is 1. The quantitative estimate of drug-likeness (QED) is 0.687. The average molecular weight is 365 g/mol. The molecular weight excluding hydrogens is 338 g/mol. The number of likely N-dealkylation sites (tertiary alicyclic amines) is 1. The van der Waals surface area contributed by atoms with E-state index in [1.807, 2.05) is 38.2 Å². The van der Waals surface area contributed by atoms with Gasteiger partial charge in [0.1, 0.15) is 5.82 Å². The predicted molar refractivity (Wildman–Crippen MR) is 111 cm³/mol. The van der Waals surface area contributed by atoms with Gasteiger partial charge in [0.15, 0.2) is 0 Å². The van der Waals surface area contributed by atoms with Gasteiger partial charge in [-0.3, -0.25) is 9.69 Å². The molecule has 1 saturated heterocycles. The van der Waals surface area contributed by atoms with E-state index in [0.717, 1.165) is 47.8 Å². The highest BCUT2D eigenvalue weighted by Crippen LogP contribution is 2.22. The van der Waals surface area contributed by atoms with Crippen molar-refractivity contribution in [2.24, 2.45) is 0 Å². The molecule has 1 unspecified atom stereocenters. The maximum absolute atomic E-state index is 12.6. The van der Waals surface area contributed by atoms with E-state index < -0.39 is 0 Å². The highest BCUT2D eigenvalue weighted by Gasteiger charge is 2.23. The van der Waals surface area contributed by atoms with Crippen LogP contribution in [0, 0.1) is 5.41 Å². The molecule has 6 heteroatoms.